The number of hydrogen-bond acceptors (Lipinski definition) is 3. The fourth-order valence-corrected chi connectivity index (χ4v) is 6.84. The molecule has 2 aromatic heterocycles. The van der Waals surface area contributed by atoms with Crippen molar-refractivity contribution in [1.82, 2.24) is 14.5 Å². The quantitative estimate of drug-likeness (QED) is 0.174. The summed E-state index contributed by atoms with van der Waals surface area (Å²) in [5.41, 5.74) is 12.2. The highest BCUT2D eigenvalue weighted by Gasteiger charge is 2.19. The van der Waals surface area contributed by atoms with Crippen molar-refractivity contribution in [2.45, 2.75) is 0 Å². The molecule has 0 spiro atoms. The summed E-state index contributed by atoms with van der Waals surface area (Å²) in [5, 5.41) is 2.37. The van der Waals surface area contributed by atoms with Gasteiger partial charge in [0.25, 0.3) is 0 Å². The molecular weight excluding hydrogens is 609 g/mol. The van der Waals surface area contributed by atoms with Gasteiger partial charge in [-0.15, -0.1) is 0 Å². The van der Waals surface area contributed by atoms with E-state index in [1.54, 1.807) is 0 Å². The maximum atomic E-state index is 4.93. The third-order valence-corrected chi connectivity index (χ3v) is 9.32. The standard InChI is InChI=1S/C46H32N4/c1-4-12-33(13-5-1)35-20-22-36(23-21-35)37-24-26-40(27-25-37)49(46-47-31-38(32-48-46)34-14-6-2-7-15-34)41-28-29-45-43(30-41)42-18-10-11-19-44(42)50(45)39-16-8-3-9-17-39/h1-32H. The smallest absolute Gasteiger partial charge is 0.234 e. The van der Waals surface area contributed by atoms with Gasteiger partial charge in [0.15, 0.2) is 0 Å². The van der Waals surface area contributed by atoms with Crippen molar-refractivity contribution in [1.29, 1.82) is 0 Å². The van der Waals surface area contributed by atoms with E-state index in [0.717, 1.165) is 39.3 Å². The summed E-state index contributed by atoms with van der Waals surface area (Å²) in [6.07, 6.45) is 3.82. The summed E-state index contributed by atoms with van der Waals surface area (Å²) in [6, 6.07) is 64.0. The van der Waals surface area contributed by atoms with E-state index in [1.807, 2.05) is 36.7 Å². The molecule has 0 saturated heterocycles. The minimum Gasteiger partial charge on any atom is -0.309 e. The lowest BCUT2D eigenvalue weighted by Gasteiger charge is -2.24. The Morgan fingerprint density at radius 3 is 1.44 bits per heavy atom. The molecule has 0 N–H and O–H groups in total. The van der Waals surface area contributed by atoms with Crippen LogP contribution in [0.15, 0.2) is 194 Å². The maximum Gasteiger partial charge on any atom is 0.234 e. The van der Waals surface area contributed by atoms with Gasteiger partial charge in [0.1, 0.15) is 0 Å². The molecular formula is C46H32N4. The Morgan fingerprint density at radius 2 is 0.820 bits per heavy atom. The first-order valence-electron chi connectivity index (χ1n) is 16.8. The molecule has 0 saturated carbocycles. The topological polar surface area (TPSA) is 34.0 Å². The zero-order valence-corrected chi connectivity index (χ0v) is 27.3. The first-order valence-corrected chi connectivity index (χ1v) is 16.8. The number of fused-ring (bicyclic) bond motifs is 3. The van der Waals surface area contributed by atoms with E-state index in [4.69, 9.17) is 9.97 Å². The molecule has 0 aliphatic carbocycles. The lowest BCUT2D eigenvalue weighted by Crippen LogP contribution is -2.13. The molecule has 0 atom stereocenters. The minimum atomic E-state index is 0.607. The SMILES string of the molecule is c1ccc(-c2ccc(-c3ccc(N(c4ccc5c(c4)c4ccccc4n5-c4ccccc4)c4ncc(-c5ccccc5)cn4)cc3)cc2)cc1. The molecule has 2 heterocycles. The first-order chi connectivity index (χ1) is 24.8. The summed E-state index contributed by atoms with van der Waals surface area (Å²) in [7, 11) is 0. The van der Waals surface area contributed by atoms with Crippen LogP contribution in [0, 0.1) is 0 Å². The first kappa shape index (κ1) is 29.4. The normalized spacial score (nSPS) is 11.2. The van der Waals surface area contributed by atoms with Crippen molar-refractivity contribution in [3.8, 4) is 39.1 Å². The number of benzene rings is 7. The molecule has 0 aliphatic heterocycles. The molecule has 9 aromatic rings. The molecule has 7 aromatic carbocycles. The van der Waals surface area contributed by atoms with Crippen LogP contribution in [0.2, 0.25) is 0 Å². The van der Waals surface area contributed by atoms with Crippen molar-refractivity contribution >= 4 is 39.1 Å². The van der Waals surface area contributed by atoms with Crippen LogP contribution in [0.5, 0.6) is 0 Å². The fourth-order valence-electron chi connectivity index (χ4n) is 6.84. The van der Waals surface area contributed by atoms with E-state index in [0.29, 0.717) is 5.95 Å². The number of para-hydroxylation sites is 2. The zero-order chi connectivity index (χ0) is 33.3. The summed E-state index contributed by atoms with van der Waals surface area (Å²) < 4.78 is 2.34. The Morgan fingerprint density at radius 1 is 0.360 bits per heavy atom. The van der Waals surface area contributed by atoms with Crippen molar-refractivity contribution in [3.05, 3.63) is 194 Å². The predicted octanol–water partition coefficient (Wildman–Crippen LogP) is 12.0. The fraction of sp³-hybridized carbons (Fsp3) is 0. The number of rotatable bonds is 7. The van der Waals surface area contributed by atoms with E-state index in [2.05, 4.69) is 167 Å². The van der Waals surface area contributed by atoms with Gasteiger partial charge in [-0.05, 0) is 76.3 Å². The van der Waals surface area contributed by atoms with Crippen LogP contribution >= 0.6 is 0 Å². The summed E-state index contributed by atoms with van der Waals surface area (Å²) in [4.78, 5) is 12.0. The van der Waals surface area contributed by atoms with E-state index in [1.165, 1.54) is 33.0 Å². The van der Waals surface area contributed by atoms with E-state index < -0.39 is 0 Å². The predicted molar refractivity (Wildman–Crippen MR) is 207 cm³/mol. The highest BCUT2D eigenvalue weighted by molar-refractivity contribution is 6.10. The summed E-state index contributed by atoms with van der Waals surface area (Å²) in [6.45, 7) is 0. The van der Waals surface area contributed by atoms with Gasteiger partial charge in [0.05, 0.1) is 11.0 Å². The number of nitrogens with zero attached hydrogens (tertiary/aromatic N) is 4. The van der Waals surface area contributed by atoms with E-state index >= 15 is 0 Å². The van der Waals surface area contributed by atoms with Crippen molar-refractivity contribution in [2.75, 3.05) is 4.90 Å². The number of anilines is 3. The van der Waals surface area contributed by atoms with Crippen LogP contribution in [0.1, 0.15) is 0 Å². The van der Waals surface area contributed by atoms with E-state index in [-0.39, 0.29) is 0 Å². The Labute approximate surface area is 291 Å². The van der Waals surface area contributed by atoms with Gasteiger partial charge in [-0.1, -0.05) is 133 Å². The van der Waals surface area contributed by atoms with Crippen molar-refractivity contribution in [3.63, 3.8) is 0 Å². The monoisotopic (exact) mass is 640 g/mol. The molecule has 4 heteroatoms. The molecule has 0 fully saturated rings. The highest BCUT2D eigenvalue weighted by atomic mass is 15.3. The average Bonchev–Trinajstić information content (AvgIpc) is 3.53. The van der Waals surface area contributed by atoms with Crippen LogP contribution in [0.4, 0.5) is 17.3 Å². The van der Waals surface area contributed by atoms with Crippen LogP contribution in [0.3, 0.4) is 0 Å². The minimum absolute atomic E-state index is 0.607. The second kappa shape index (κ2) is 12.7. The number of hydrogen-bond donors (Lipinski definition) is 0. The van der Waals surface area contributed by atoms with Crippen molar-refractivity contribution in [2.24, 2.45) is 0 Å². The molecule has 0 aliphatic rings. The molecule has 0 radical (unpaired) electrons. The van der Waals surface area contributed by atoms with Gasteiger partial charge in [0.2, 0.25) is 5.95 Å². The molecule has 4 nitrogen and oxygen atoms in total. The van der Waals surface area contributed by atoms with Gasteiger partial charge in [-0.3, -0.25) is 4.90 Å². The van der Waals surface area contributed by atoms with Crippen LogP contribution in [-0.2, 0) is 0 Å². The lowest BCUT2D eigenvalue weighted by molar-refractivity contribution is 1.08. The zero-order valence-electron chi connectivity index (χ0n) is 27.3. The number of aromatic nitrogens is 3. The highest BCUT2D eigenvalue weighted by Crippen LogP contribution is 2.39. The van der Waals surface area contributed by atoms with Gasteiger partial charge >= 0.3 is 0 Å². The molecule has 9 rings (SSSR count). The van der Waals surface area contributed by atoms with Crippen molar-refractivity contribution < 1.29 is 0 Å². The van der Waals surface area contributed by atoms with Crippen LogP contribution in [-0.4, -0.2) is 14.5 Å². The van der Waals surface area contributed by atoms with Crippen LogP contribution in [0.25, 0.3) is 60.9 Å². The molecule has 0 bridgehead atoms. The molecule has 50 heavy (non-hydrogen) atoms. The van der Waals surface area contributed by atoms with Gasteiger partial charge < -0.3 is 4.57 Å². The molecule has 0 amide bonds. The molecule has 0 unspecified atom stereocenters. The summed E-state index contributed by atoms with van der Waals surface area (Å²) >= 11 is 0. The average molecular weight is 641 g/mol. The maximum absolute atomic E-state index is 4.93. The molecule has 236 valence electrons. The van der Waals surface area contributed by atoms with E-state index in [9.17, 15) is 0 Å². The Hall–Kier alpha value is -6.78. The lowest BCUT2D eigenvalue weighted by atomic mass is 10.00. The second-order valence-electron chi connectivity index (χ2n) is 12.4. The van der Waals surface area contributed by atoms with Gasteiger partial charge in [-0.25, -0.2) is 9.97 Å². The Kier molecular flexibility index (Phi) is 7.45. The third kappa shape index (κ3) is 5.39. The summed E-state index contributed by atoms with van der Waals surface area (Å²) in [5.74, 6) is 0.607. The van der Waals surface area contributed by atoms with Gasteiger partial charge in [0, 0.05) is 45.8 Å². The van der Waals surface area contributed by atoms with Crippen LogP contribution < -0.4 is 4.90 Å². The Balaban J connectivity index is 1.14. The largest absolute Gasteiger partial charge is 0.309 e. The van der Waals surface area contributed by atoms with Gasteiger partial charge in [-0.2, -0.15) is 0 Å². The Bertz CT molecular complexity index is 2540. The third-order valence-electron chi connectivity index (χ3n) is 9.32. The second-order valence-corrected chi connectivity index (χ2v) is 12.4.